The molecule has 0 unspecified atom stereocenters. The maximum Gasteiger partial charge on any atom is 0.231 e. The van der Waals surface area contributed by atoms with Crippen LogP contribution in [0.2, 0.25) is 0 Å². The summed E-state index contributed by atoms with van der Waals surface area (Å²) in [7, 11) is 0. The highest BCUT2D eigenvalue weighted by Gasteiger charge is 2.21. The average molecular weight is 362 g/mol. The maximum atomic E-state index is 11.1. The van der Waals surface area contributed by atoms with E-state index in [-0.39, 0.29) is 5.91 Å². The van der Waals surface area contributed by atoms with Crippen LogP contribution in [-0.2, 0) is 4.79 Å². The molecule has 1 aliphatic heterocycles. The standard InChI is InChI=1S/C20H22N6O/c21-18(27)13-26-11-7-15(8-12-26)23-20-16-3-1-2-4-17(16)24-19(25-20)14-5-9-22-10-6-14/h1-6,9-10,15H,7-8,11-13H2,(H2,21,27)(H,23,24,25). The fourth-order valence-electron chi connectivity index (χ4n) is 3.47. The molecule has 3 N–H and O–H groups in total. The minimum absolute atomic E-state index is 0.273. The lowest BCUT2D eigenvalue weighted by molar-refractivity contribution is -0.119. The van der Waals surface area contributed by atoms with Gasteiger partial charge in [-0.3, -0.25) is 14.7 Å². The van der Waals surface area contributed by atoms with Crippen LogP contribution < -0.4 is 11.1 Å². The Morgan fingerprint density at radius 1 is 1.11 bits per heavy atom. The highest BCUT2D eigenvalue weighted by atomic mass is 16.1. The molecule has 138 valence electrons. The second-order valence-electron chi connectivity index (χ2n) is 6.81. The van der Waals surface area contributed by atoms with E-state index in [9.17, 15) is 4.79 Å². The van der Waals surface area contributed by atoms with Crippen LogP contribution in [0.4, 0.5) is 5.82 Å². The van der Waals surface area contributed by atoms with Crippen molar-refractivity contribution in [1.82, 2.24) is 19.9 Å². The van der Waals surface area contributed by atoms with Crippen LogP contribution in [0.5, 0.6) is 0 Å². The molecule has 7 nitrogen and oxygen atoms in total. The van der Waals surface area contributed by atoms with Gasteiger partial charge in [-0.25, -0.2) is 9.97 Å². The fraction of sp³-hybridized carbons (Fsp3) is 0.300. The fourth-order valence-corrected chi connectivity index (χ4v) is 3.47. The van der Waals surface area contributed by atoms with Crippen LogP contribution in [0.15, 0.2) is 48.8 Å². The Morgan fingerprint density at radius 2 is 1.85 bits per heavy atom. The predicted octanol–water partition coefficient (Wildman–Crippen LogP) is 2.05. The minimum atomic E-state index is -0.273. The molecular weight excluding hydrogens is 340 g/mol. The van der Waals surface area contributed by atoms with E-state index in [1.54, 1.807) is 12.4 Å². The first-order valence-electron chi connectivity index (χ1n) is 9.13. The van der Waals surface area contributed by atoms with Crippen molar-refractivity contribution in [3.05, 3.63) is 48.8 Å². The Balaban J connectivity index is 1.59. The van der Waals surface area contributed by atoms with Gasteiger partial charge in [0.2, 0.25) is 5.91 Å². The number of likely N-dealkylation sites (tertiary alicyclic amines) is 1. The first-order chi connectivity index (χ1) is 13.2. The number of piperidine rings is 1. The molecule has 3 aromatic rings. The highest BCUT2D eigenvalue weighted by Crippen LogP contribution is 2.26. The van der Waals surface area contributed by atoms with Gasteiger partial charge in [0, 0.05) is 42.5 Å². The first-order valence-corrected chi connectivity index (χ1v) is 9.13. The minimum Gasteiger partial charge on any atom is -0.369 e. The van der Waals surface area contributed by atoms with Gasteiger partial charge in [0.05, 0.1) is 12.1 Å². The summed E-state index contributed by atoms with van der Waals surface area (Å²) < 4.78 is 0. The number of primary amides is 1. The van der Waals surface area contributed by atoms with Crippen molar-refractivity contribution < 1.29 is 4.79 Å². The van der Waals surface area contributed by atoms with E-state index < -0.39 is 0 Å². The SMILES string of the molecule is NC(=O)CN1CCC(Nc2nc(-c3ccncc3)nc3ccccc23)CC1. The number of pyridine rings is 1. The van der Waals surface area contributed by atoms with Crippen molar-refractivity contribution in [2.24, 2.45) is 5.73 Å². The molecule has 1 fully saturated rings. The zero-order valence-electron chi connectivity index (χ0n) is 15.0. The quantitative estimate of drug-likeness (QED) is 0.721. The van der Waals surface area contributed by atoms with Crippen molar-refractivity contribution in [2.45, 2.75) is 18.9 Å². The Bertz CT molecular complexity index is 938. The molecule has 0 spiro atoms. The molecule has 7 heteroatoms. The van der Waals surface area contributed by atoms with E-state index >= 15 is 0 Å². The van der Waals surface area contributed by atoms with Gasteiger partial charge >= 0.3 is 0 Å². The number of hydrogen-bond donors (Lipinski definition) is 2. The number of carbonyl (C=O) groups is 1. The number of carbonyl (C=O) groups excluding carboxylic acids is 1. The predicted molar refractivity (Wildman–Crippen MR) is 105 cm³/mol. The molecule has 0 bridgehead atoms. The van der Waals surface area contributed by atoms with Crippen molar-refractivity contribution in [2.75, 3.05) is 25.0 Å². The molecule has 27 heavy (non-hydrogen) atoms. The molecule has 1 saturated heterocycles. The summed E-state index contributed by atoms with van der Waals surface area (Å²) in [4.78, 5) is 26.8. The smallest absolute Gasteiger partial charge is 0.231 e. The number of para-hydroxylation sites is 1. The number of nitrogens with zero attached hydrogens (tertiary/aromatic N) is 4. The van der Waals surface area contributed by atoms with Crippen LogP contribution in [0.1, 0.15) is 12.8 Å². The molecule has 1 aromatic carbocycles. The Hall–Kier alpha value is -3.06. The topological polar surface area (TPSA) is 97.0 Å². The summed E-state index contributed by atoms with van der Waals surface area (Å²) in [5, 5.41) is 4.61. The van der Waals surface area contributed by atoms with E-state index in [1.807, 2.05) is 36.4 Å². The number of anilines is 1. The van der Waals surface area contributed by atoms with E-state index in [0.29, 0.717) is 18.4 Å². The largest absolute Gasteiger partial charge is 0.369 e. The molecule has 4 rings (SSSR count). The lowest BCUT2D eigenvalue weighted by Gasteiger charge is -2.32. The molecule has 2 aromatic heterocycles. The Morgan fingerprint density at radius 3 is 2.59 bits per heavy atom. The third-order valence-electron chi connectivity index (χ3n) is 4.85. The van der Waals surface area contributed by atoms with Gasteiger partial charge in [0.1, 0.15) is 5.82 Å². The summed E-state index contributed by atoms with van der Waals surface area (Å²) in [6, 6.07) is 12.2. The second kappa shape index (κ2) is 7.67. The summed E-state index contributed by atoms with van der Waals surface area (Å²) in [5.41, 5.74) is 7.15. The van der Waals surface area contributed by atoms with E-state index in [0.717, 1.165) is 48.2 Å². The Labute approximate surface area is 157 Å². The van der Waals surface area contributed by atoms with Gasteiger partial charge in [-0.15, -0.1) is 0 Å². The first kappa shape index (κ1) is 17.4. The zero-order chi connectivity index (χ0) is 18.6. The third kappa shape index (κ3) is 4.03. The normalized spacial score (nSPS) is 15.7. The van der Waals surface area contributed by atoms with Gasteiger partial charge in [0.25, 0.3) is 0 Å². The lowest BCUT2D eigenvalue weighted by atomic mass is 10.0. The van der Waals surface area contributed by atoms with E-state index in [2.05, 4.69) is 15.2 Å². The number of rotatable bonds is 5. The highest BCUT2D eigenvalue weighted by molar-refractivity contribution is 5.90. The summed E-state index contributed by atoms with van der Waals surface area (Å²) in [6.45, 7) is 2.02. The summed E-state index contributed by atoms with van der Waals surface area (Å²) in [5.74, 6) is 1.26. The van der Waals surface area contributed by atoms with Gasteiger partial charge in [-0.1, -0.05) is 12.1 Å². The molecule has 1 amide bonds. The number of benzene rings is 1. The maximum absolute atomic E-state index is 11.1. The molecular formula is C20H22N6O. The van der Waals surface area contributed by atoms with Crippen molar-refractivity contribution in [3.63, 3.8) is 0 Å². The van der Waals surface area contributed by atoms with Gasteiger partial charge in [-0.2, -0.15) is 0 Å². The van der Waals surface area contributed by atoms with Crippen molar-refractivity contribution >= 4 is 22.6 Å². The van der Waals surface area contributed by atoms with Crippen molar-refractivity contribution in [3.8, 4) is 11.4 Å². The molecule has 3 heterocycles. The zero-order valence-corrected chi connectivity index (χ0v) is 15.0. The van der Waals surface area contributed by atoms with Crippen LogP contribution in [0.25, 0.3) is 22.3 Å². The molecule has 0 aliphatic carbocycles. The number of nitrogens with two attached hydrogens (primary N) is 1. The average Bonchev–Trinajstić information content (AvgIpc) is 2.70. The molecule has 0 atom stereocenters. The van der Waals surface area contributed by atoms with Crippen LogP contribution in [-0.4, -0.2) is 51.4 Å². The molecule has 0 radical (unpaired) electrons. The number of amides is 1. The number of hydrogen-bond acceptors (Lipinski definition) is 6. The summed E-state index contributed by atoms with van der Waals surface area (Å²) >= 11 is 0. The van der Waals surface area contributed by atoms with Crippen LogP contribution in [0.3, 0.4) is 0 Å². The van der Waals surface area contributed by atoms with Gasteiger partial charge in [-0.05, 0) is 37.1 Å². The molecule has 0 saturated carbocycles. The number of fused-ring (bicyclic) bond motifs is 1. The number of aromatic nitrogens is 3. The van der Waals surface area contributed by atoms with E-state index in [1.165, 1.54) is 0 Å². The van der Waals surface area contributed by atoms with Crippen molar-refractivity contribution in [1.29, 1.82) is 0 Å². The van der Waals surface area contributed by atoms with Gasteiger partial charge in [0.15, 0.2) is 5.82 Å². The molecule has 1 aliphatic rings. The van der Waals surface area contributed by atoms with Crippen LogP contribution in [0, 0.1) is 0 Å². The van der Waals surface area contributed by atoms with E-state index in [4.69, 9.17) is 15.7 Å². The lowest BCUT2D eigenvalue weighted by Crippen LogP contribution is -2.43. The monoisotopic (exact) mass is 362 g/mol. The third-order valence-corrected chi connectivity index (χ3v) is 4.85. The summed E-state index contributed by atoms with van der Waals surface area (Å²) in [6.07, 6.45) is 5.37. The van der Waals surface area contributed by atoms with Gasteiger partial charge < -0.3 is 11.1 Å². The Kier molecular flexibility index (Phi) is 4.93. The van der Waals surface area contributed by atoms with Crippen LogP contribution >= 0.6 is 0 Å². The number of nitrogens with one attached hydrogen (secondary N) is 1. The second-order valence-corrected chi connectivity index (χ2v) is 6.81.